The molecule has 30 heavy (non-hydrogen) atoms. The number of carboxylic acids is 1. The fourth-order valence-corrected chi connectivity index (χ4v) is 2.81. The van der Waals surface area contributed by atoms with Gasteiger partial charge in [-0.25, -0.2) is 14.0 Å². The molecule has 7 nitrogen and oxygen atoms in total. The van der Waals surface area contributed by atoms with Gasteiger partial charge in [-0.1, -0.05) is 37.3 Å². The van der Waals surface area contributed by atoms with Crippen molar-refractivity contribution in [3.63, 3.8) is 0 Å². The first-order valence-electron chi connectivity index (χ1n) is 9.22. The molecule has 158 valence electrons. The highest BCUT2D eigenvalue weighted by Crippen LogP contribution is 2.31. The molecule has 0 spiro atoms. The molecule has 0 aliphatic carbocycles. The average molecular weight is 415 g/mol. The van der Waals surface area contributed by atoms with Gasteiger partial charge in [0, 0.05) is 11.6 Å². The zero-order valence-corrected chi connectivity index (χ0v) is 16.2. The normalized spacial score (nSPS) is 12.9. The van der Waals surface area contributed by atoms with Gasteiger partial charge in [-0.2, -0.15) is 0 Å². The molecular weight excluding hydrogens is 393 g/mol. The van der Waals surface area contributed by atoms with Crippen LogP contribution in [0.2, 0.25) is 0 Å². The van der Waals surface area contributed by atoms with E-state index >= 15 is 0 Å². The van der Waals surface area contributed by atoms with Gasteiger partial charge in [0.05, 0.1) is 0 Å². The van der Waals surface area contributed by atoms with Crippen molar-refractivity contribution < 1.29 is 33.7 Å². The lowest BCUT2D eigenvalue weighted by atomic mass is 9.93. The van der Waals surface area contributed by atoms with E-state index in [0.29, 0.717) is 18.4 Å². The van der Waals surface area contributed by atoms with E-state index in [1.165, 1.54) is 24.3 Å². The van der Waals surface area contributed by atoms with Gasteiger partial charge in [-0.15, -0.1) is 0 Å². The number of carbonyl (C=O) groups excluding carboxylic acids is 2. The molecule has 2 rings (SSSR count). The van der Waals surface area contributed by atoms with E-state index in [1.807, 2.05) is 0 Å². The number of hydrogen-bond donors (Lipinski definition) is 3. The molecule has 0 heterocycles. The Labute approximate surface area is 172 Å². The lowest BCUT2D eigenvalue weighted by Gasteiger charge is -2.24. The number of nitrogens with one attached hydrogen (secondary N) is 1. The Morgan fingerprint density at radius 1 is 1.17 bits per heavy atom. The first kappa shape index (κ1) is 22.6. The third-order valence-corrected chi connectivity index (χ3v) is 4.35. The van der Waals surface area contributed by atoms with E-state index < -0.39 is 35.6 Å². The summed E-state index contributed by atoms with van der Waals surface area (Å²) < 4.78 is 19.2. The molecule has 0 fully saturated rings. The summed E-state index contributed by atoms with van der Waals surface area (Å²) in [5, 5.41) is 20.2. The summed E-state index contributed by atoms with van der Waals surface area (Å²) in [5.41, 5.74) is 0.566. The van der Waals surface area contributed by atoms with E-state index in [0.717, 1.165) is 18.2 Å². The number of aliphatic carboxylic acids is 1. The minimum Gasteiger partial charge on any atom is -0.505 e. The Morgan fingerprint density at radius 3 is 2.50 bits per heavy atom. The molecule has 8 heteroatoms. The zero-order chi connectivity index (χ0) is 22.1. The van der Waals surface area contributed by atoms with Gasteiger partial charge in [0.1, 0.15) is 6.10 Å². The van der Waals surface area contributed by atoms with Gasteiger partial charge >= 0.3 is 12.1 Å². The van der Waals surface area contributed by atoms with Crippen molar-refractivity contribution in [2.24, 2.45) is 5.92 Å². The summed E-state index contributed by atoms with van der Waals surface area (Å²) in [4.78, 5) is 35.0. The van der Waals surface area contributed by atoms with Crippen molar-refractivity contribution in [3.8, 4) is 5.75 Å². The molecule has 2 amide bonds. The number of carboxylic acid groups (broad SMARTS) is 1. The van der Waals surface area contributed by atoms with Crippen molar-refractivity contribution in [2.75, 3.05) is 0 Å². The Hall–Kier alpha value is -3.68. The Morgan fingerprint density at radius 2 is 1.87 bits per heavy atom. The van der Waals surface area contributed by atoms with Crippen LogP contribution in [0.4, 0.5) is 9.18 Å². The number of alkyl carbamates (subject to hydrolysis) is 1. The molecule has 0 radical (unpaired) electrons. The Bertz CT molecular complexity index is 928. The average Bonchev–Trinajstić information content (AvgIpc) is 2.72. The fraction of sp³-hybridized carbons (Fsp3) is 0.227. The predicted octanol–water partition coefficient (Wildman–Crippen LogP) is 4.20. The molecule has 2 aromatic carbocycles. The number of halogens is 1. The number of aromatic hydroxyl groups is 1. The lowest BCUT2D eigenvalue weighted by molar-refractivity contribution is -0.131. The van der Waals surface area contributed by atoms with Crippen LogP contribution in [0.3, 0.4) is 0 Å². The topological polar surface area (TPSA) is 113 Å². The highest BCUT2D eigenvalue weighted by atomic mass is 19.1. The van der Waals surface area contributed by atoms with Crippen molar-refractivity contribution in [1.82, 2.24) is 5.32 Å². The van der Waals surface area contributed by atoms with Crippen LogP contribution in [0.25, 0.3) is 0 Å². The summed E-state index contributed by atoms with van der Waals surface area (Å²) in [5.74, 6) is -3.48. The molecule has 0 aliphatic heterocycles. The van der Waals surface area contributed by atoms with Crippen molar-refractivity contribution in [1.29, 1.82) is 0 Å². The minimum atomic E-state index is -1.07. The van der Waals surface area contributed by atoms with E-state index in [9.17, 15) is 23.9 Å². The molecule has 0 bridgehead atoms. The van der Waals surface area contributed by atoms with Gasteiger partial charge in [-0.05, 0) is 48.6 Å². The molecule has 2 aromatic rings. The predicted molar refractivity (Wildman–Crippen MR) is 106 cm³/mol. The lowest BCUT2D eigenvalue weighted by Crippen LogP contribution is -2.33. The second-order valence-electron chi connectivity index (χ2n) is 6.65. The molecule has 0 saturated carbocycles. The maximum absolute atomic E-state index is 13.8. The second-order valence-corrected chi connectivity index (χ2v) is 6.65. The highest BCUT2D eigenvalue weighted by Gasteiger charge is 2.25. The maximum atomic E-state index is 13.8. The summed E-state index contributed by atoms with van der Waals surface area (Å²) >= 11 is 0. The molecule has 0 aromatic heterocycles. The SMILES string of the molecule is C[C@@H](CC/C=C/C(=O)O)[C@@H](OC(=O)NC(=O)c1ccccc1)c1ccc(O)c(F)c1. The van der Waals surface area contributed by atoms with E-state index in [1.54, 1.807) is 25.1 Å². The fourth-order valence-electron chi connectivity index (χ4n) is 2.81. The quantitative estimate of drug-likeness (QED) is 0.557. The summed E-state index contributed by atoms with van der Waals surface area (Å²) in [6, 6.07) is 11.7. The highest BCUT2D eigenvalue weighted by molar-refractivity contribution is 6.02. The van der Waals surface area contributed by atoms with E-state index in [-0.39, 0.29) is 11.5 Å². The van der Waals surface area contributed by atoms with Crippen molar-refractivity contribution in [3.05, 3.63) is 77.6 Å². The molecule has 0 unspecified atom stereocenters. The number of imide groups is 1. The number of carbonyl (C=O) groups is 3. The molecule has 0 saturated heterocycles. The van der Waals surface area contributed by atoms with Gasteiger partial charge in [0.25, 0.3) is 5.91 Å². The van der Waals surface area contributed by atoms with E-state index in [2.05, 4.69) is 5.32 Å². The number of phenolic OH excluding ortho intramolecular Hbond substituents is 1. The van der Waals surface area contributed by atoms with Crippen LogP contribution < -0.4 is 5.32 Å². The molecule has 2 atom stereocenters. The maximum Gasteiger partial charge on any atom is 0.414 e. The van der Waals surface area contributed by atoms with Crippen LogP contribution in [0.5, 0.6) is 5.75 Å². The van der Waals surface area contributed by atoms with Crippen LogP contribution in [-0.4, -0.2) is 28.2 Å². The van der Waals surface area contributed by atoms with Crippen LogP contribution >= 0.6 is 0 Å². The third-order valence-electron chi connectivity index (χ3n) is 4.35. The smallest absolute Gasteiger partial charge is 0.414 e. The zero-order valence-electron chi connectivity index (χ0n) is 16.2. The van der Waals surface area contributed by atoms with E-state index in [4.69, 9.17) is 9.84 Å². The van der Waals surface area contributed by atoms with Crippen molar-refractivity contribution in [2.45, 2.75) is 25.9 Å². The summed E-state index contributed by atoms with van der Waals surface area (Å²) in [6.07, 6.45) is 1.35. The van der Waals surface area contributed by atoms with Gasteiger partial charge in [0.15, 0.2) is 11.6 Å². The second kappa shape index (κ2) is 10.8. The summed E-state index contributed by atoms with van der Waals surface area (Å²) in [7, 11) is 0. The molecule has 0 aliphatic rings. The molecule has 3 N–H and O–H groups in total. The number of phenols is 1. The van der Waals surface area contributed by atoms with Crippen LogP contribution in [0.15, 0.2) is 60.7 Å². The third kappa shape index (κ3) is 6.73. The number of ether oxygens (including phenoxy) is 1. The van der Waals surface area contributed by atoms with Gasteiger partial charge in [-0.3, -0.25) is 10.1 Å². The van der Waals surface area contributed by atoms with Crippen LogP contribution in [0.1, 0.15) is 41.8 Å². The Balaban J connectivity index is 2.13. The van der Waals surface area contributed by atoms with Crippen molar-refractivity contribution >= 4 is 18.0 Å². The minimum absolute atomic E-state index is 0.272. The number of allylic oxidation sites excluding steroid dienone is 1. The van der Waals surface area contributed by atoms with Gasteiger partial charge in [0.2, 0.25) is 0 Å². The monoisotopic (exact) mass is 415 g/mol. The standard InChI is InChI=1S/C22H22FNO6/c1-14(7-5-6-10-19(26)27)20(16-11-12-18(25)17(23)13-16)30-22(29)24-21(28)15-8-3-2-4-9-15/h2-4,6,8-14,20,25H,5,7H2,1H3,(H,26,27)(H,24,28,29)/b10-6+/t14-,20+/m0/s1. The van der Waals surface area contributed by atoms with Crippen LogP contribution in [-0.2, 0) is 9.53 Å². The van der Waals surface area contributed by atoms with Gasteiger partial charge < -0.3 is 14.9 Å². The molecular formula is C22H22FNO6. The largest absolute Gasteiger partial charge is 0.505 e. The number of hydrogen-bond acceptors (Lipinski definition) is 5. The number of rotatable bonds is 8. The Kier molecular flexibility index (Phi) is 8.10. The summed E-state index contributed by atoms with van der Waals surface area (Å²) in [6.45, 7) is 1.75. The first-order valence-corrected chi connectivity index (χ1v) is 9.22. The number of amides is 2. The number of benzene rings is 2. The van der Waals surface area contributed by atoms with Crippen LogP contribution in [0, 0.1) is 11.7 Å². The first-order chi connectivity index (χ1) is 14.3.